The van der Waals surface area contributed by atoms with Crippen LogP contribution in [0.4, 0.5) is 14.5 Å². The predicted molar refractivity (Wildman–Crippen MR) is 90.7 cm³/mol. The van der Waals surface area contributed by atoms with Crippen molar-refractivity contribution >= 4 is 29.8 Å². The summed E-state index contributed by atoms with van der Waals surface area (Å²) in [6, 6.07) is 3.65. The number of rotatable bonds is 4. The molecule has 0 radical (unpaired) electrons. The topological polar surface area (TPSA) is 117 Å². The van der Waals surface area contributed by atoms with E-state index in [-0.39, 0.29) is 5.46 Å². The first-order valence-corrected chi connectivity index (χ1v) is 7.41. The number of nitrogens with two attached hydrogens (primary N) is 1. The summed E-state index contributed by atoms with van der Waals surface area (Å²) in [7, 11) is -0.918. The lowest BCUT2D eigenvalue weighted by Gasteiger charge is -2.32. The zero-order valence-corrected chi connectivity index (χ0v) is 14.3. The summed E-state index contributed by atoms with van der Waals surface area (Å²) >= 11 is 0. The van der Waals surface area contributed by atoms with Gasteiger partial charge < -0.3 is 15.0 Å². The van der Waals surface area contributed by atoms with E-state index in [4.69, 9.17) is 25.7 Å². The van der Waals surface area contributed by atoms with E-state index in [9.17, 15) is 8.78 Å². The number of hydrogen-bond acceptors (Lipinski definition) is 6. The molecule has 132 valence electrons. The Labute approximate surface area is 144 Å². The molecular weight excluding hydrogens is 331 g/mol. The molecule has 1 aliphatic rings. The van der Waals surface area contributed by atoms with Crippen LogP contribution in [0.15, 0.2) is 17.2 Å². The van der Waals surface area contributed by atoms with Crippen LogP contribution >= 0.6 is 0 Å². The van der Waals surface area contributed by atoms with Gasteiger partial charge in [0.05, 0.1) is 11.2 Å². The highest BCUT2D eigenvalue weighted by atomic mass is 19.1. The summed E-state index contributed by atoms with van der Waals surface area (Å²) in [5.74, 6) is -2.52. The lowest BCUT2D eigenvalue weighted by Crippen LogP contribution is -2.41. The first kappa shape index (κ1) is 18.8. The van der Waals surface area contributed by atoms with Crippen molar-refractivity contribution in [3.8, 4) is 6.07 Å². The Hall–Kier alpha value is -2.51. The van der Waals surface area contributed by atoms with Gasteiger partial charge in [-0.3, -0.25) is 10.8 Å². The Balaban J connectivity index is 2.30. The minimum atomic E-state index is -0.950. The summed E-state index contributed by atoms with van der Waals surface area (Å²) in [4.78, 5) is 0. The summed E-state index contributed by atoms with van der Waals surface area (Å²) in [6.45, 7) is 7.32. The van der Waals surface area contributed by atoms with Crippen LogP contribution < -0.4 is 16.6 Å². The van der Waals surface area contributed by atoms with E-state index < -0.39 is 47.2 Å². The van der Waals surface area contributed by atoms with Crippen LogP contribution in [0.25, 0.3) is 0 Å². The van der Waals surface area contributed by atoms with Gasteiger partial charge in [-0.15, -0.1) is 0 Å². The second kappa shape index (κ2) is 6.42. The molecule has 10 heteroatoms. The summed E-state index contributed by atoms with van der Waals surface area (Å²) in [5, 5.41) is 19.3. The van der Waals surface area contributed by atoms with Gasteiger partial charge in [0.15, 0.2) is 17.5 Å². The number of halogens is 2. The van der Waals surface area contributed by atoms with Gasteiger partial charge in [-0.05, 0) is 45.3 Å². The van der Waals surface area contributed by atoms with Gasteiger partial charge >= 0.3 is 7.12 Å². The van der Waals surface area contributed by atoms with E-state index in [1.165, 1.54) is 6.07 Å². The van der Waals surface area contributed by atoms with E-state index in [2.05, 4.69) is 10.5 Å². The lowest BCUT2D eigenvalue weighted by molar-refractivity contribution is 0.00578. The van der Waals surface area contributed by atoms with Gasteiger partial charge in [0.25, 0.3) is 0 Å². The fourth-order valence-electron chi connectivity index (χ4n) is 2.07. The molecule has 0 amide bonds. The minimum absolute atomic E-state index is 0.176. The maximum Gasteiger partial charge on any atom is 0.495 e. The highest BCUT2D eigenvalue weighted by molar-refractivity contribution is 6.62. The molecule has 4 N–H and O–H groups in total. The fraction of sp³-hybridized carbons (Fsp3) is 0.400. The van der Waals surface area contributed by atoms with Crippen LogP contribution in [0.1, 0.15) is 27.7 Å². The third-order valence-corrected chi connectivity index (χ3v) is 4.23. The summed E-state index contributed by atoms with van der Waals surface area (Å²) in [6.07, 6.45) is 0. The van der Waals surface area contributed by atoms with Crippen molar-refractivity contribution in [2.45, 2.75) is 38.9 Å². The Morgan fingerprint density at radius 3 is 2.12 bits per heavy atom. The Morgan fingerprint density at radius 1 is 1.24 bits per heavy atom. The quantitative estimate of drug-likeness (QED) is 0.330. The number of nitrogens with zero attached hydrogens (tertiary/aromatic N) is 2. The maximum absolute atomic E-state index is 14.3. The second-order valence-electron chi connectivity index (χ2n) is 6.55. The smallest absolute Gasteiger partial charge is 0.399 e. The molecule has 1 aromatic rings. The van der Waals surface area contributed by atoms with Crippen molar-refractivity contribution in [3.05, 3.63) is 23.8 Å². The van der Waals surface area contributed by atoms with Gasteiger partial charge in [0.1, 0.15) is 11.8 Å². The highest BCUT2D eigenvalue weighted by Crippen LogP contribution is 2.36. The number of anilines is 1. The van der Waals surface area contributed by atoms with Crippen molar-refractivity contribution in [2.75, 3.05) is 5.43 Å². The molecule has 2 rings (SSSR count). The minimum Gasteiger partial charge on any atom is -0.399 e. The molecule has 0 saturated carbocycles. The van der Waals surface area contributed by atoms with Gasteiger partial charge in [-0.1, -0.05) is 0 Å². The van der Waals surface area contributed by atoms with Crippen LogP contribution in [0.2, 0.25) is 0 Å². The van der Waals surface area contributed by atoms with Gasteiger partial charge in [0.2, 0.25) is 5.71 Å². The van der Waals surface area contributed by atoms with E-state index in [1.807, 2.05) is 27.7 Å². The van der Waals surface area contributed by atoms with Crippen molar-refractivity contribution in [2.24, 2.45) is 10.8 Å². The van der Waals surface area contributed by atoms with E-state index in [1.54, 1.807) is 0 Å². The molecule has 1 aliphatic heterocycles. The first-order chi connectivity index (χ1) is 11.5. The molecule has 1 saturated heterocycles. The van der Waals surface area contributed by atoms with E-state index in [0.29, 0.717) is 0 Å². The number of nitriles is 1. The number of nitrogens with one attached hydrogen (secondary N) is 2. The number of hydrogen-bond donors (Lipinski definition) is 3. The monoisotopic (exact) mass is 349 g/mol. The molecule has 0 spiro atoms. The zero-order chi connectivity index (χ0) is 19.0. The summed E-state index contributed by atoms with van der Waals surface area (Å²) in [5.41, 5.74) is 5.01. The molecular formula is C15H18BF2N5O2. The van der Waals surface area contributed by atoms with Crippen LogP contribution in [0, 0.1) is 28.4 Å². The third kappa shape index (κ3) is 3.62. The zero-order valence-electron chi connectivity index (χ0n) is 14.3. The summed E-state index contributed by atoms with van der Waals surface area (Å²) < 4.78 is 40.0. The number of benzene rings is 1. The Kier molecular flexibility index (Phi) is 4.84. The Bertz CT molecular complexity index is 750. The van der Waals surface area contributed by atoms with Crippen LogP contribution in [0.5, 0.6) is 0 Å². The number of amidine groups is 1. The standard InChI is InChI=1S/C15H18BF2N5O2/c1-14(2)15(3,4)25-16(24-14)8-5-9(17)12(10(18)6-8)23-22-11(7-19)13(20)21/h5-6,23H,1-4H3,(H3,20,21)/b22-11+. The average molecular weight is 349 g/mol. The van der Waals surface area contributed by atoms with Crippen molar-refractivity contribution in [1.82, 2.24) is 0 Å². The van der Waals surface area contributed by atoms with Crippen LogP contribution in [0.3, 0.4) is 0 Å². The normalized spacial score (nSPS) is 18.8. The van der Waals surface area contributed by atoms with Crippen molar-refractivity contribution in [3.63, 3.8) is 0 Å². The SMILES string of the molecule is CC1(C)OB(c2cc(F)c(N/N=C(\C#N)C(=N)N)c(F)c2)OC1(C)C. The van der Waals surface area contributed by atoms with Gasteiger partial charge in [0, 0.05) is 0 Å². The second-order valence-corrected chi connectivity index (χ2v) is 6.55. The van der Waals surface area contributed by atoms with Crippen molar-refractivity contribution in [1.29, 1.82) is 10.7 Å². The van der Waals surface area contributed by atoms with Gasteiger partial charge in [-0.25, -0.2) is 8.78 Å². The lowest BCUT2D eigenvalue weighted by atomic mass is 9.79. The highest BCUT2D eigenvalue weighted by Gasteiger charge is 2.52. The van der Waals surface area contributed by atoms with E-state index in [0.717, 1.165) is 12.1 Å². The molecule has 0 aromatic heterocycles. The maximum atomic E-state index is 14.3. The van der Waals surface area contributed by atoms with E-state index >= 15 is 0 Å². The van der Waals surface area contributed by atoms with Crippen LogP contribution in [-0.4, -0.2) is 29.9 Å². The molecule has 1 heterocycles. The van der Waals surface area contributed by atoms with Crippen LogP contribution in [-0.2, 0) is 9.31 Å². The van der Waals surface area contributed by atoms with Crippen molar-refractivity contribution < 1.29 is 18.1 Å². The molecule has 0 bridgehead atoms. The molecule has 0 atom stereocenters. The molecule has 0 unspecified atom stereocenters. The molecule has 7 nitrogen and oxygen atoms in total. The van der Waals surface area contributed by atoms with Gasteiger partial charge in [-0.2, -0.15) is 10.4 Å². The third-order valence-electron chi connectivity index (χ3n) is 4.23. The largest absolute Gasteiger partial charge is 0.495 e. The average Bonchev–Trinajstić information content (AvgIpc) is 2.70. The molecule has 25 heavy (non-hydrogen) atoms. The molecule has 0 aliphatic carbocycles. The fourth-order valence-corrected chi connectivity index (χ4v) is 2.07. The number of hydrazone groups is 1. The molecule has 1 fully saturated rings. The predicted octanol–water partition coefficient (Wildman–Crippen LogP) is 1.49. The molecule has 1 aromatic carbocycles. The Morgan fingerprint density at radius 2 is 1.72 bits per heavy atom. The first-order valence-electron chi connectivity index (χ1n) is 7.41.